The normalized spacial score (nSPS) is 23.2. The second-order valence-corrected chi connectivity index (χ2v) is 11.3. The number of nitrogens with zero attached hydrogens (tertiary/aromatic N) is 1. The number of carbonyl (C=O) groups is 2. The Hall–Kier alpha value is -1.90. The van der Waals surface area contributed by atoms with Crippen molar-refractivity contribution in [2.45, 2.75) is 43.3 Å². The zero-order valence-electron chi connectivity index (χ0n) is 18.9. The first-order chi connectivity index (χ1) is 15.3. The third kappa shape index (κ3) is 6.56. The van der Waals surface area contributed by atoms with E-state index in [1.165, 1.54) is 15.6 Å². The Morgan fingerprint density at radius 1 is 1.22 bits per heavy atom. The number of likely N-dealkylation sites (tertiary alicyclic amines) is 1. The summed E-state index contributed by atoms with van der Waals surface area (Å²) in [5, 5.41) is 0. The molecule has 3 atom stereocenters. The zero-order valence-corrected chi connectivity index (χ0v) is 20.7. The molecule has 0 radical (unpaired) electrons. The average Bonchev–Trinajstić information content (AvgIpc) is 2.95. The van der Waals surface area contributed by atoms with Crippen LogP contribution in [0.5, 0.6) is 0 Å². The molecule has 9 heteroatoms. The second-order valence-electron chi connectivity index (χ2n) is 8.50. The second kappa shape index (κ2) is 11.3. The number of rotatable bonds is 8. The van der Waals surface area contributed by atoms with Gasteiger partial charge in [0.15, 0.2) is 0 Å². The van der Waals surface area contributed by atoms with Gasteiger partial charge in [-0.05, 0) is 0 Å². The molecule has 2 heterocycles. The van der Waals surface area contributed by atoms with Gasteiger partial charge in [-0.2, -0.15) is 0 Å². The van der Waals surface area contributed by atoms with Crippen molar-refractivity contribution in [3.63, 3.8) is 0 Å². The van der Waals surface area contributed by atoms with Crippen molar-refractivity contribution in [3.8, 4) is 0 Å². The van der Waals surface area contributed by atoms with Gasteiger partial charge >= 0.3 is 195 Å². The number of benzene rings is 1. The number of fused-ring (bicyclic) bond motifs is 1. The van der Waals surface area contributed by atoms with Gasteiger partial charge in [-0.3, -0.25) is 0 Å². The number of Topliss-reactive ketones (excluding diaryl/α,β-unsaturated/α-hetero) is 1. The van der Waals surface area contributed by atoms with Gasteiger partial charge in [0.05, 0.1) is 0 Å². The summed E-state index contributed by atoms with van der Waals surface area (Å²) >= 11 is -0.0208. The van der Waals surface area contributed by atoms with Gasteiger partial charge in [0.25, 0.3) is 0 Å². The molecule has 176 valence electrons. The number of carbonyl (C=O) groups excluding carboxylic acids is 2. The quantitative estimate of drug-likeness (QED) is 0.299. The van der Waals surface area contributed by atoms with Crippen LogP contribution in [0.3, 0.4) is 0 Å². The van der Waals surface area contributed by atoms with Crippen molar-refractivity contribution in [2.24, 2.45) is 0 Å². The number of ketones is 1. The first kappa shape index (κ1) is 24.7. The van der Waals surface area contributed by atoms with Crippen LogP contribution in [0.2, 0.25) is 4.82 Å². The number of ether oxygens (including phenoxy) is 5. The van der Waals surface area contributed by atoms with Crippen LogP contribution in [-0.4, -0.2) is 89.7 Å². The van der Waals surface area contributed by atoms with E-state index in [-0.39, 0.29) is 38.9 Å². The summed E-state index contributed by atoms with van der Waals surface area (Å²) in [5.41, 5.74) is -0.245. The Morgan fingerprint density at radius 3 is 2.66 bits per heavy atom. The summed E-state index contributed by atoms with van der Waals surface area (Å²) in [5.74, 6) is -0.164. The van der Waals surface area contributed by atoms with Crippen molar-refractivity contribution < 1.29 is 33.3 Å². The summed E-state index contributed by atoms with van der Waals surface area (Å²) in [6.07, 6.45) is 0.465. The Labute approximate surface area is 195 Å². The van der Waals surface area contributed by atoms with Crippen LogP contribution in [0, 0.1) is 0 Å². The molecule has 32 heavy (non-hydrogen) atoms. The SMILES string of the molecule is COCCOCO[C@@H]1[C@@H]([Se]c2ccccc2)COC=C2C(=O)CN(C(=O)OC(C)(C)C)[C@@H]21. The number of hydrogen-bond donors (Lipinski definition) is 0. The molecule has 1 saturated heterocycles. The van der Waals surface area contributed by atoms with Gasteiger partial charge < -0.3 is 0 Å². The first-order valence-electron chi connectivity index (χ1n) is 10.5. The summed E-state index contributed by atoms with van der Waals surface area (Å²) in [6, 6.07) is 9.50. The molecule has 0 spiro atoms. The van der Waals surface area contributed by atoms with Crippen molar-refractivity contribution in [1.29, 1.82) is 0 Å². The molecule has 0 unspecified atom stereocenters. The Bertz CT molecular complexity index is 808. The van der Waals surface area contributed by atoms with Crippen LogP contribution in [0.1, 0.15) is 20.8 Å². The monoisotopic (exact) mass is 513 g/mol. The molecule has 8 nitrogen and oxygen atoms in total. The molecule has 1 fully saturated rings. The van der Waals surface area contributed by atoms with Crippen molar-refractivity contribution >= 4 is 31.3 Å². The topological polar surface area (TPSA) is 83.5 Å². The number of amides is 1. The summed E-state index contributed by atoms with van der Waals surface area (Å²) in [7, 11) is 1.60. The minimum absolute atomic E-state index is 0.0208. The standard InChI is InChI=1S/C23H31NO7Se/c1-23(2,3)31-22(26)24-12-18(25)17-13-29-14-19(32-16-8-6-5-7-9-16)21(20(17)24)30-15-28-11-10-27-4/h5-9,13,19-21H,10-12,14-15H2,1-4H3/t19-,20-,21+/m0/s1. The van der Waals surface area contributed by atoms with E-state index in [4.69, 9.17) is 23.7 Å². The third-order valence-corrected chi connectivity index (χ3v) is 7.50. The Morgan fingerprint density at radius 2 is 1.97 bits per heavy atom. The summed E-state index contributed by atoms with van der Waals surface area (Å²) in [6.45, 7) is 6.58. The van der Waals surface area contributed by atoms with E-state index in [0.29, 0.717) is 25.4 Å². The zero-order chi connectivity index (χ0) is 23.1. The Balaban J connectivity index is 1.86. The third-order valence-electron chi connectivity index (χ3n) is 4.87. The van der Waals surface area contributed by atoms with E-state index in [9.17, 15) is 9.59 Å². The van der Waals surface area contributed by atoms with E-state index in [1.807, 2.05) is 18.2 Å². The molecule has 0 aliphatic carbocycles. The predicted molar refractivity (Wildman–Crippen MR) is 119 cm³/mol. The van der Waals surface area contributed by atoms with Crippen LogP contribution < -0.4 is 4.46 Å². The average molecular weight is 512 g/mol. The maximum absolute atomic E-state index is 13.0. The van der Waals surface area contributed by atoms with Gasteiger partial charge in [-0.1, -0.05) is 0 Å². The van der Waals surface area contributed by atoms with Gasteiger partial charge in [0.2, 0.25) is 0 Å². The number of hydrogen-bond acceptors (Lipinski definition) is 7. The molecule has 0 bridgehead atoms. The van der Waals surface area contributed by atoms with E-state index in [2.05, 4.69) is 12.1 Å². The van der Waals surface area contributed by atoms with Gasteiger partial charge in [0, 0.05) is 0 Å². The fraction of sp³-hybridized carbons (Fsp3) is 0.565. The molecule has 0 N–H and O–H groups in total. The van der Waals surface area contributed by atoms with Crippen LogP contribution in [0.15, 0.2) is 42.2 Å². The fourth-order valence-electron chi connectivity index (χ4n) is 3.50. The molecule has 1 aromatic carbocycles. The van der Waals surface area contributed by atoms with Crippen molar-refractivity contribution in [1.82, 2.24) is 4.90 Å². The molecule has 2 aliphatic heterocycles. The van der Waals surface area contributed by atoms with Crippen LogP contribution in [-0.2, 0) is 28.5 Å². The fourth-order valence-corrected chi connectivity index (χ4v) is 5.96. The van der Waals surface area contributed by atoms with Gasteiger partial charge in [0.1, 0.15) is 0 Å². The van der Waals surface area contributed by atoms with Crippen LogP contribution in [0.4, 0.5) is 4.79 Å². The predicted octanol–water partition coefficient (Wildman–Crippen LogP) is 1.91. The minimum atomic E-state index is -0.680. The van der Waals surface area contributed by atoms with Crippen molar-refractivity contribution in [3.05, 3.63) is 42.2 Å². The van der Waals surface area contributed by atoms with Gasteiger partial charge in [-0.25, -0.2) is 0 Å². The molecule has 3 rings (SSSR count). The molecule has 1 amide bonds. The molecular formula is C23H31NO7Se. The molecule has 0 aromatic heterocycles. The van der Waals surface area contributed by atoms with E-state index in [0.717, 1.165) is 0 Å². The van der Waals surface area contributed by atoms with E-state index >= 15 is 0 Å². The van der Waals surface area contributed by atoms with Crippen LogP contribution >= 0.6 is 0 Å². The van der Waals surface area contributed by atoms with Crippen LogP contribution in [0.25, 0.3) is 0 Å². The maximum atomic E-state index is 13.0. The first-order valence-corrected chi connectivity index (χ1v) is 12.4. The van der Waals surface area contributed by atoms with Crippen molar-refractivity contribution in [2.75, 3.05) is 40.3 Å². The van der Waals surface area contributed by atoms with E-state index in [1.54, 1.807) is 27.9 Å². The van der Waals surface area contributed by atoms with E-state index < -0.39 is 23.8 Å². The number of methoxy groups -OCH3 is 1. The summed E-state index contributed by atoms with van der Waals surface area (Å²) in [4.78, 5) is 27.2. The molecule has 1 aromatic rings. The molecular weight excluding hydrogens is 481 g/mol. The van der Waals surface area contributed by atoms with Gasteiger partial charge in [-0.15, -0.1) is 0 Å². The molecule has 0 saturated carbocycles. The molecule has 2 aliphatic rings. The summed E-state index contributed by atoms with van der Waals surface area (Å²) < 4.78 is 29.3. The Kier molecular flexibility index (Phi) is 8.73.